The minimum absolute atomic E-state index is 0.0690. The van der Waals surface area contributed by atoms with E-state index in [9.17, 15) is 18.0 Å². The molecule has 0 bridgehead atoms. The van der Waals surface area contributed by atoms with Crippen molar-refractivity contribution in [2.24, 2.45) is 0 Å². The molecule has 0 aliphatic heterocycles. The van der Waals surface area contributed by atoms with Gasteiger partial charge in [-0.2, -0.15) is 13.2 Å². The van der Waals surface area contributed by atoms with Gasteiger partial charge in [0.15, 0.2) is 0 Å². The fourth-order valence-electron chi connectivity index (χ4n) is 2.34. The highest BCUT2D eigenvalue weighted by Gasteiger charge is 2.31. The number of benzene rings is 2. The molecule has 0 aliphatic rings. The molecular weight excluding hydrogens is 400 g/mol. The number of carbonyl (C=O) groups excluding carboxylic acids is 1. The van der Waals surface area contributed by atoms with Crippen molar-refractivity contribution in [3.63, 3.8) is 0 Å². The van der Waals surface area contributed by atoms with Crippen molar-refractivity contribution in [3.8, 4) is 11.3 Å². The number of nitrogens with one attached hydrogen (secondary N) is 1. The van der Waals surface area contributed by atoms with Crippen LogP contribution in [-0.4, -0.2) is 10.9 Å². The molecule has 3 nitrogen and oxygen atoms in total. The van der Waals surface area contributed by atoms with Gasteiger partial charge in [0, 0.05) is 21.8 Å². The van der Waals surface area contributed by atoms with Crippen molar-refractivity contribution in [2.75, 3.05) is 5.32 Å². The summed E-state index contributed by atoms with van der Waals surface area (Å²) in [5.74, 6) is -0.362. The first-order valence-corrected chi connectivity index (χ1v) is 8.40. The van der Waals surface area contributed by atoms with Crippen molar-refractivity contribution in [2.45, 2.75) is 6.18 Å². The molecule has 2 aromatic carbocycles. The molecule has 0 fully saturated rings. The average Bonchev–Trinajstić information content (AvgIpc) is 2.62. The Labute approximate surface area is 162 Å². The maximum Gasteiger partial charge on any atom is 0.416 e. The van der Waals surface area contributed by atoms with E-state index in [-0.39, 0.29) is 16.8 Å². The van der Waals surface area contributed by atoms with Crippen LogP contribution >= 0.6 is 23.2 Å². The molecule has 0 saturated heterocycles. The van der Waals surface area contributed by atoms with Gasteiger partial charge in [-0.3, -0.25) is 4.79 Å². The number of alkyl halides is 3. The monoisotopic (exact) mass is 410 g/mol. The number of amides is 1. The molecule has 8 heteroatoms. The largest absolute Gasteiger partial charge is 0.416 e. The van der Waals surface area contributed by atoms with E-state index in [2.05, 4.69) is 10.3 Å². The summed E-state index contributed by atoms with van der Waals surface area (Å²) >= 11 is 11.5. The number of hydrogen-bond donors (Lipinski definition) is 1. The van der Waals surface area contributed by atoms with Crippen molar-refractivity contribution in [1.82, 2.24) is 4.98 Å². The normalized spacial score (nSPS) is 11.3. The van der Waals surface area contributed by atoms with Gasteiger partial charge in [-0.05, 0) is 48.5 Å². The summed E-state index contributed by atoms with van der Waals surface area (Å²) in [6, 6.07) is 14.3. The van der Waals surface area contributed by atoms with E-state index in [0.717, 1.165) is 12.1 Å². The summed E-state index contributed by atoms with van der Waals surface area (Å²) in [6.45, 7) is 0. The molecule has 0 unspecified atom stereocenters. The topological polar surface area (TPSA) is 42.0 Å². The van der Waals surface area contributed by atoms with E-state index in [4.69, 9.17) is 23.2 Å². The van der Waals surface area contributed by atoms with E-state index in [1.54, 1.807) is 24.3 Å². The molecule has 0 atom stereocenters. The zero-order valence-electron chi connectivity index (χ0n) is 13.5. The van der Waals surface area contributed by atoms with Crippen LogP contribution in [0.4, 0.5) is 18.9 Å². The van der Waals surface area contributed by atoms with Gasteiger partial charge in [0.2, 0.25) is 0 Å². The lowest BCUT2D eigenvalue weighted by Crippen LogP contribution is -2.11. The number of anilines is 1. The first kappa shape index (κ1) is 19.2. The van der Waals surface area contributed by atoms with Gasteiger partial charge in [0.25, 0.3) is 5.91 Å². The van der Waals surface area contributed by atoms with Gasteiger partial charge in [-0.1, -0.05) is 35.3 Å². The number of aromatic nitrogens is 1. The number of pyridine rings is 1. The SMILES string of the molecule is O=C(Nc1ccc(Cl)cc1)c1ccc(-c2cc(C(F)(F)F)cc(Cl)n2)cc1. The van der Waals surface area contributed by atoms with Crippen molar-refractivity contribution >= 4 is 34.8 Å². The quantitative estimate of drug-likeness (QED) is 0.512. The number of carbonyl (C=O) groups is 1. The molecule has 1 heterocycles. The fraction of sp³-hybridized carbons (Fsp3) is 0.0526. The molecular formula is C19H11Cl2F3N2O. The van der Waals surface area contributed by atoms with E-state index in [1.807, 2.05) is 0 Å². The maximum atomic E-state index is 12.9. The van der Waals surface area contributed by atoms with Gasteiger partial charge < -0.3 is 5.32 Å². The Kier molecular flexibility index (Phi) is 5.39. The van der Waals surface area contributed by atoms with E-state index in [0.29, 0.717) is 21.8 Å². The van der Waals surface area contributed by atoms with Crippen LogP contribution in [0.3, 0.4) is 0 Å². The number of hydrogen-bond acceptors (Lipinski definition) is 2. The van der Waals surface area contributed by atoms with Crippen molar-refractivity contribution in [1.29, 1.82) is 0 Å². The van der Waals surface area contributed by atoms with Crippen LogP contribution in [0, 0.1) is 0 Å². The molecule has 0 spiro atoms. The Morgan fingerprint density at radius 1 is 0.926 bits per heavy atom. The Balaban J connectivity index is 1.82. The lowest BCUT2D eigenvalue weighted by Gasteiger charge is -2.10. The number of rotatable bonds is 3. The molecule has 0 aliphatic carbocycles. The molecule has 3 rings (SSSR count). The third-order valence-corrected chi connectivity index (χ3v) is 4.11. The number of nitrogens with zero attached hydrogens (tertiary/aromatic N) is 1. The molecule has 1 amide bonds. The highest BCUT2D eigenvalue weighted by Crippen LogP contribution is 2.33. The van der Waals surface area contributed by atoms with Crippen LogP contribution in [0.5, 0.6) is 0 Å². The van der Waals surface area contributed by atoms with Crippen LogP contribution in [0.25, 0.3) is 11.3 Å². The lowest BCUT2D eigenvalue weighted by atomic mass is 10.1. The Morgan fingerprint density at radius 2 is 1.56 bits per heavy atom. The van der Waals surface area contributed by atoms with E-state index in [1.165, 1.54) is 24.3 Å². The summed E-state index contributed by atoms with van der Waals surface area (Å²) in [6.07, 6.45) is -4.53. The summed E-state index contributed by atoms with van der Waals surface area (Å²) in [7, 11) is 0. The first-order chi connectivity index (χ1) is 12.7. The molecule has 27 heavy (non-hydrogen) atoms. The lowest BCUT2D eigenvalue weighted by molar-refractivity contribution is -0.137. The Morgan fingerprint density at radius 3 is 2.15 bits per heavy atom. The molecule has 1 aromatic heterocycles. The van der Waals surface area contributed by atoms with Crippen molar-refractivity contribution < 1.29 is 18.0 Å². The highest BCUT2D eigenvalue weighted by molar-refractivity contribution is 6.30. The van der Waals surface area contributed by atoms with E-state index < -0.39 is 11.7 Å². The Hall–Kier alpha value is -2.57. The molecule has 0 saturated carbocycles. The van der Waals surface area contributed by atoms with Gasteiger partial charge in [0.1, 0.15) is 5.15 Å². The highest BCUT2D eigenvalue weighted by atomic mass is 35.5. The smallest absolute Gasteiger partial charge is 0.322 e. The van der Waals surface area contributed by atoms with Crippen LogP contribution < -0.4 is 5.32 Å². The minimum atomic E-state index is -4.53. The molecule has 138 valence electrons. The average molecular weight is 411 g/mol. The Bertz CT molecular complexity index is 972. The van der Waals surface area contributed by atoms with Crippen LogP contribution in [0.2, 0.25) is 10.2 Å². The molecule has 1 N–H and O–H groups in total. The summed E-state index contributed by atoms with van der Waals surface area (Å²) in [5, 5.41) is 2.99. The van der Waals surface area contributed by atoms with Crippen LogP contribution in [0.15, 0.2) is 60.7 Å². The van der Waals surface area contributed by atoms with Crippen LogP contribution in [-0.2, 0) is 6.18 Å². The zero-order valence-corrected chi connectivity index (χ0v) is 15.0. The predicted molar refractivity (Wildman–Crippen MR) is 99.1 cm³/mol. The van der Waals surface area contributed by atoms with Gasteiger partial charge in [-0.15, -0.1) is 0 Å². The van der Waals surface area contributed by atoms with Crippen molar-refractivity contribution in [3.05, 3.63) is 82.0 Å². The second-order valence-corrected chi connectivity index (χ2v) is 6.42. The first-order valence-electron chi connectivity index (χ1n) is 7.64. The van der Waals surface area contributed by atoms with Crippen LogP contribution in [0.1, 0.15) is 15.9 Å². The molecule has 3 aromatic rings. The third kappa shape index (κ3) is 4.78. The van der Waals surface area contributed by atoms with Gasteiger partial charge >= 0.3 is 6.18 Å². The summed E-state index contributed by atoms with van der Waals surface area (Å²) in [4.78, 5) is 16.2. The number of halogens is 5. The zero-order chi connectivity index (χ0) is 19.6. The second kappa shape index (κ2) is 7.58. The summed E-state index contributed by atoms with van der Waals surface area (Å²) < 4.78 is 38.8. The summed E-state index contributed by atoms with van der Waals surface area (Å²) in [5.41, 5.74) is 0.499. The maximum absolute atomic E-state index is 12.9. The minimum Gasteiger partial charge on any atom is -0.322 e. The fourth-order valence-corrected chi connectivity index (χ4v) is 2.67. The third-order valence-electron chi connectivity index (χ3n) is 3.67. The second-order valence-electron chi connectivity index (χ2n) is 5.60. The predicted octanol–water partition coefficient (Wildman–Crippen LogP) is 6.33. The van der Waals surface area contributed by atoms with Gasteiger partial charge in [-0.25, -0.2) is 4.98 Å². The molecule has 0 radical (unpaired) electrons. The van der Waals surface area contributed by atoms with Gasteiger partial charge in [0.05, 0.1) is 11.3 Å². The van der Waals surface area contributed by atoms with E-state index >= 15 is 0 Å². The standard InChI is InChI=1S/C19H11Cl2F3N2O/c20-14-5-7-15(8-6-14)25-18(27)12-3-1-11(2-4-12)16-9-13(19(22,23)24)10-17(21)26-16/h1-10H,(H,25,27).